The molecule has 0 unspecified atom stereocenters. The van der Waals surface area contributed by atoms with Crippen molar-refractivity contribution in [2.45, 2.75) is 39.3 Å². The summed E-state index contributed by atoms with van der Waals surface area (Å²) in [5, 5.41) is 8.07. The molecule has 112 valence electrons. The number of nitrogens with zero attached hydrogens (tertiary/aromatic N) is 1. The molecule has 1 aliphatic heterocycles. The maximum atomic E-state index is 5.63. The van der Waals surface area contributed by atoms with Gasteiger partial charge in [-0.25, -0.2) is 0 Å². The van der Waals surface area contributed by atoms with Crippen LogP contribution >= 0.6 is 0 Å². The molecule has 4 heteroatoms. The van der Waals surface area contributed by atoms with Gasteiger partial charge in [0, 0.05) is 25.3 Å². The monoisotopic (exact) mass is 285 g/mol. The molecule has 0 spiro atoms. The normalized spacial score (nSPS) is 14.1. The van der Waals surface area contributed by atoms with Gasteiger partial charge in [-0.05, 0) is 36.1 Å². The van der Waals surface area contributed by atoms with Gasteiger partial charge in [0.15, 0.2) is 0 Å². The fourth-order valence-electron chi connectivity index (χ4n) is 2.85. The Morgan fingerprint density at radius 3 is 3.00 bits per heavy atom. The van der Waals surface area contributed by atoms with Crippen LogP contribution in [0.1, 0.15) is 31.4 Å². The molecule has 2 heterocycles. The van der Waals surface area contributed by atoms with Crippen LogP contribution in [0.15, 0.2) is 18.3 Å². The summed E-state index contributed by atoms with van der Waals surface area (Å²) in [6.07, 6.45) is 4.26. The molecule has 0 radical (unpaired) electrons. The Kier molecular flexibility index (Phi) is 3.97. The molecule has 3 rings (SSSR count). The third-order valence-electron chi connectivity index (χ3n) is 3.93. The topological polar surface area (TPSA) is 46.2 Å². The van der Waals surface area contributed by atoms with Crippen LogP contribution in [0.4, 0.5) is 5.69 Å². The number of hydrogen-bond acceptors (Lipinski definition) is 4. The lowest BCUT2D eigenvalue weighted by molar-refractivity contribution is 0.419. The van der Waals surface area contributed by atoms with E-state index in [1.807, 2.05) is 6.20 Å². The first-order chi connectivity index (χ1) is 10.2. The highest BCUT2D eigenvalue weighted by atomic mass is 16.5. The van der Waals surface area contributed by atoms with E-state index in [1.165, 1.54) is 23.2 Å². The summed E-state index contributed by atoms with van der Waals surface area (Å²) in [6, 6.07) is 4.74. The molecule has 21 heavy (non-hydrogen) atoms. The largest absolute Gasteiger partial charge is 0.496 e. The number of methoxy groups -OCH3 is 1. The Balaban J connectivity index is 2.08. The Morgan fingerprint density at radius 2 is 2.24 bits per heavy atom. The number of hydrogen-bond donors (Lipinski definition) is 2. The second-order valence-electron chi connectivity index (χ2n) is 5.92. The summed E-state index contributed by atoms with van der Waals surface area (Å²) in [4.78, 5) is 4.64. The molecule has 1 aromatic heterocycles. The van der Waals surface area contributed by atoms with Gasteiger partial charge in [-0.2, -0.15) is 0 Å². The van der Waals surface area contributed by atoms with E-state index in [2.05, 4.69) is 41.6 Å². The van der Waals surface area contributed by atoms with Crippen molar-refractivity contribution in [3.05, 3.63) is 29.5 Å². The fourth-order valence-corrected chi connectivity index (χ4v) is 2.85. The van der Waals surface area contributed by atoms with Crippen molar-refractivity contribution in [3.8, 4) is 5.75 Å². The quantitative estimate of drug-likeness (QED) is 0.906. The highest BCUT2D eigenvalue weighted by molar-refractivity contribution is 5.98. The first-order valence-corrected chi connectivity index (χ1v) is 7.65. The van der Waals surface area contributed by atoms with E-state index in [9.17, 15) is 0 Å². The van der Waals surface area contributed by atoms with E-state index in [1.54, 1.807) is 7.11 Å². The lowest BCUT2D eigenvalue weighted by Crippen LogP contribution is -2.21. The average molecular weight is 285 g/mol. The van der Waals surface area contributed by atoms with Crippen molar-refractivity contribution in [1.82, 2.24) is 10.3 Å². The van der Waals surface area contributed by atoms with Gasteiger partial charge >= 0.3 is 0 Å². The number of benzene rings is 1. The lowest BCUT2D eigenvalue weighted by atomic mass is 10.00. The van der Waals surface area contributed by atoms with Gasteiger partial charge in [0.2, 0.25) is 0 Å². The minimum atomic E-state index is 0.463. The van der Waals surface area contributed by atoms with Gasteiger partial charge in [0.25, 0.3) is 0 Å². The van der Waals surface area contributed by atoms with Crippen molar-refractivity contribution in [3.63, 3.8) is 0 Å². The van der Waals surface area contributed by atoms with Gasteiger partial charge in [-0.1, -0.05) is 13.8 Å². The zero-order valence-electron chi connectivity index (χ0n) is 13.0. The Hall–Kier alpha value is -1.81. The first-order valence-electron chi connectivity index (χ1n) is 7.65. The van der Waals surface area contributed by atoms with E-state index < -0.39 is 0 Å². The predicted octanol–water partition coefficient (Wildman–Crippen LogP) is 3.10. The van der Waals surface area contributed by atoms with Gasteiger partial charge in [0.1, 0.15) is 5.75 Å². The second kappa shape index (κ2) is 5.90. The molecule has 2 aromatic rings. The van der Waals surface area contributed by atoms with Crippen molar-refractivity contribution >= 4 is 16.6 Å². The summed E-state index contributed by atoms with van der Waals surface area (Å²) in [5.74, 6) is 0.909. The van der Waals surface area contributed by atoms with Crippen LogP contribution in [0.2, 0.25) is 0 Å². The van der Waals surface area contributed by atoms with Crippen LogP contribution in [0.25, 0.3) is 10.9 Å². The Bertz CT molecular complexity index is 652. The van der Waals surface area contributed by atoms with Crippen molar-refractivity contribution in [2.24, 2.45) is 0 Å². The minimum absolute atomic E-state index is 0.463. The zero-order chi connectivity index (χ0) is 14.8. The Morgan fingerprint density at radius 1 is 1.38 bits per heavy atom. The molecule has 4 nitrogen and oxygen atoms in total. The van der Waals surface area contributed by atoms with Gasteiger partial charge in [-0.15, -0.1) is 0 Å². The number of ether oxygens (including phenoxy) is 1. The molecule has 0 amide bonds. The number of nitrogens with one attached hydrogen (secondary N) is 2. The molecule has 0 saturated heterocycles. The molecule has 1 aliphatic rings. The van der Waals surface area contributed by atoms with Gasteiger partial charge < -0.3 is 15.4 Å². The minimum Gasteiger partial charge on any atom is -0.496 e. The van der Waals surface area contributed by atoms with E-state index in [0.717, 1.165) is 36.2 Å². The van der Waals surface area contributed by atoms with E-state index in [0.29, 0.717) is 6.04 Å². The third-order valence-corrected chi connectivity index (χ3v) is 3.93. The van der Waals surface area contributed by atoms with Crippen molar-refractivity contribution < 1.29 is 4.74 Å². The van der Waals surface area contributed by atoms with Crippen LogP contribution in [0, 0.1) is 0 Å². The number of anilines is 1. The third kappa shape index (κ3) is 2.81. The van der Waals surface area contributed by atoms with E-state index in [4.69, 9.17) is 4.74 Å². The molecular formula is C17H23N3O. The Labute approximate surface area is 125 Å². The first kappa shape index (κ1) is 14.1. The van der Waals surface area contributed by atoms with Crippen molar-refractivity contribution in [2.75, 3.05) is 19.0 Å². The molecule has 1 aromatic carbocycles. The summed E-state index contributed by atoms with van der Waals surface area (Å²) in [7, 11) is 1.73. The predicted molar refractivity (Wildman–Crippen MR) is 87.1 cm³/mol. The fraction of sp³-hybridized carbons (Fsp3) is 0.471. The standard InChI is InChI=1S/C17H23N3O/c1-11(2)19-9-12-7-14-16(15(8-12)21-3)17-13(10-20-14)5-4-6-18-17/h7-8,10-11,18-19H,4-6,9H2,1-3H3. The SMILES string of the molecule is COc1cc(CNC(C)C)cc2ncc3c(c12)NCCC3. The summed E-state index contributed by atoms with van der Waals surface area (Å²) >= 11 is 0. The summed E-state index contributed by atoms with van der Waals surface area (Å²) in [6.45, 7) is 6.15. The summed E-state index contributed by atoms with van der Waals surface area (Å²) in [5.41, 5.74) is 4.70. The number of aryl methyl sites for hydroxylation is 1. The van der Waals surface area contributed by atoms with E-state index >= 15 is 0 Å². The lowest BCUT2D eigenvalue weighted by Gasteiger charge is -2.21. The molecule has 0 atom stereocenters. The molecule has 0 saturated carbocycles. The molecular weight excluding hydrogens is 262 g/mol. The maximum Gasteiger partial charge on any atom is 0.130 e. The van der Waals surface area contributed by atoms with Crippen LogP contribution in [-0.2, 0) is 13.0 Å². The number of rotatable bonds is 4. The van der Waals surface area contributed by atoms with Crippen LogP contribution in [0.5, 0.6) is 5.75 Å². The molecule has 0 fully saturated rings. The highest BCUT2D eigenvalue weighted by Gasteiger charge is 2.17. The second-order valence-corrected chi connectivity index (χ2v) is 5.92. The summed E-state index contributed by atoms with van der Waals surface area (Å²) < 4.78 is 5.63. The van der Waals surface area contributed by atoms with Gasteiger partial charge in [-0.3, -0.25) is 4.98 Å². The number of fused-ring (bicyclic) bond motifs is 3. The van der Waals surface area contributed by atoms with Crippen molar-refractivity contribution in [1.29, 1.82) is 0 Å². The van der Waals surface area contributed by atoms with Crippen LogP contribution in [-0.4, -0.2) is 24.7 Å². The van der Waals surface area contributed by atoms with Gasteiger partial charge in [0.05, 0.1) is 23.7 Å². The number of aromatic nitrogens is 1. The number of pyridine rings is 1. The molecule has 0 bridgehead atoms. The zero-order valence-corrected chi connectivity index (χ0v) is 13.0. The van der Waals surface area contributed by atoms with Crippen LogP contribution < -0.4 is 15.4 Å². The van der Waals surface area contributed by atoms with Crippen LogP contribution in [0.3, 0.4) is 0 Å². The highest BCUT2D eigenvalue weighted by Crippen LogP contribution is 2.36. The average Bonchev–Trinajstić information content (AvgIpc) is 2.51. The molecule has 0 aliphatic carbocycles. The smallest absolute Gasteiger partial charge is 0.130 e. The van der Waals surface area contributed by atoms with E-state index in [-0.39, 0.29) is 0 Å². The maximum absolute atomic E-state index is 5.63. The molecule has 2 N–H and O–H groups in total.